The van der Waals surface area contributed by atoms with Gasteiger partial charge in [-0.05, 0) is 0 Å². The van der Waals surface area contributed by atoms with Crippen LogP contribution < -0.4 is 5.73 Å². The zero-order chi connectivity index (χ0) is 8.85. The summed E-state index contributed by atoms with van der Waals surface area (Å²) in [6.45, 7) is 0. The van der Waals surface area contributed by atoms with Crippen LogP contribution in [0.1, 0.15) is 0 Å². The lowest BCUT2D eigenvalue weighted by molar-refractivity contribution is -0.138. The van der Waals surface area contributed by atoms with Crippen molar-refractivity contribution in [3.8, 4) is 0 Å². The Bertz CT molecular complexity index is 161. The van der Waals surface area contributed by atoms with Crippen LogP contribution in [0.25, 0.3) is 0 Å². The van der Waals surface area contributed by atoms with E-state index >= 15 is 0 Å². The molecule has 11 heavy (non-hydrogen) atoms. The molecular weight excluding hydrogens is 170 g/mol. The first-order valence-electron chi connectivity index (χ1n) is 2.82. The zero-order valence-electron chi connectivity index (χ0n) is 5.69. The van der Waals surface area contributed by atoms with Crippen LogP contribution in [0.15, 0.2) is 0 Å². The molecule has 0 aliphatic heterocycles. The van der Waals surface area contributed by atoms with Crippen LogP contribution in [-0.2, 0) is 9.59 Å². The number of hydrogen-bond acceptors (Lipinski definition) is 4. The molecule has 0 saturated heterocycles. The number of carboxylic acids is 2. The van der Waals surface area contributed by atoms with E-state index in [9.17, 15) is 9.59 Å². The number of carbonyl (C=O) groups is 2. The molecule has 5 nitrogen and oxygen atoms in total. The molecular formula is C5H9NO4S. The SMILES string of the molecule is N[C@H](CSCC(=O)O)C(=O)O. The number of hydrogen-bond donors (Lipinski definition) is 3. The van der Waals surface area contributed by atoms with Crippen LogP contribution in [0.4, 0.5) is 0 Å². The van der Waals surface area contributed by atoms with Crippen molar-refractivity contribution in [2.75, 3.05) is 11.5 Å². The molecule has 0 amide bonds. The summed E-state index contributed by atoms with van der Waals surface area (Å²) in [5, 5.41) is 16.4. The number of rotatable bonds is 5. The molecule has 6 heteroatoms. The topological polar surface area (TPSA) is 101 Å². The molecule has 0 aromatic heterocycles. The van der Waals surface area contributed by atoms with Crippen molar-refractivity contribution in [2.24, 2.45) is 5.73 Å². The van der Waals surface area contributed by atoms with E-state index in [-0.39, 0.29) is 11.5 Å². The Morgan fingerprint density at radius 2 is 2.00 bits per heavy atom. The highest BCUT2D eigenvalue weighted by Crippen LogP contribution is 2.00. The van der Waals surface area contributed by atoms with Crippen LogP contribution in [0.2, 0.25) is 0 Å². The van der Waals surface area contributed by atoms with Crippen molar-refractivity contribution in [3.05, 3.63) is 0 Å². The lowest BCUT2D eigenvalue weighted by Crippen LogP contribution is -2.32. The lowest BCUT2D eigenvalue weighted by atomic mass is 10.4. The second kappa shape index (κ2) is 4.97. The van der Waals surface area contributed by atoms with E-state index in [0.29, 0.717) is 0 Å². The van der Waals surface area contributed by atoms with Crippen molar-refractivity contribution in [1.29, 1.82) is 0 Å². The summed E-state index contributed by atoms with van der Waals surface area (Å²) >= 11 is 0.992. The van der Waals surface area contributed by atoms with E-state index in [4.69, 9.17) is 15.9 Å². The first kappa shape index (κ1) is 10.2. The average molecular weight is 179 g/mol. The minimum atomic E-state index is -1.11. The quantitative estimate of drug-likeness (QED) is 0.511. The molecule has 4 N–H and O–H groups in total. The first-order chi connectivity index (χ1) is 5.04. The van der Waals surface area contributed by atoms with Gasteiger partial charge in [-0.15, -0.1) is 11.8 Å². The van der Waals surface area contributed by atoms with Crippen molar-refractivity contribution in [1.82, 2.24) is 0 Å². The third-order valence-electron chi connectivity index (χ3n) is 0.840. The number of carboxylic acid groups (broad SMARTS) is 2. The van der Waals surface area contributed by atoms with Crippen LogP contribution >= 0.6 is 11.8 Å². The fraction of sp³-hybridized carbons (Fsp3) is 0.600. The van der Waals surface area contributed by atoms with Crippen molar-refractivity contribution >= 4 is 23.7 Å². The van der Waals surface area contributed by atoms with Crippen molar-refractivity contribution in [3.63, 3.8) is 0 Å². The highest BCUT2D eigenvalue weighted by Gasteiger charge is 2.11. The molecule has 0 radical (unpaired) electrons. The second-order valence-electron chi connectivity index (χ2n) is 1.85. The second-order valence-corrected chi connectivity index (χ2v) is 2.88. The first-order valence-corrected chi connectivity index (χ1v) is 3.97. The van der Waals surface area contributed by atoms with Crippen LogP contribution in [-0.4, -0.2) is 39.7 Å². The van der Waals surface area contributed by atoms with E-state index in [1.807, 2.05) is 0 Å². The summed E-state index contributed by atoms with van der Waals surface area (Å²) < 4.78 is 0. The van der Waals surface area contributed by atoms with Crippen molar-refractivity contribution < 1.29 is 19.8 Å². The Labute approximate surface area is 67.6 Å². The summed E-state index contributed by atoms with van der Waals surface area (Å²) in [4.78, 5) is 20.0. The molecule has 0 spiro atoms. The molecule has 0 aliphatic rings. The van der Waals surface area contributed by atoms with Gasteiger partial charge in [0.05, 0.1) is 5.75 Å². The Hall–Kier alpha value is -0.750. The Morgan fingerprint density at radius 3 is 2.36 bits per heavy atom. The number of thioether (sulfide) groups is 1. The standard InChI is InChI=1S/C5H9NO4S/c6-3(5(9)10)1-11-2-4(7)8/h3H,1-2,6H2,(H,7,8)(H,9,10)/t3-/m1/s1. The molecule has 0 aromatic rings. The van der Waals surface area contributed by atoms with Gasteiger partial charge in [0.25, 0.3) is 0 Å². The van der Waals surface area contributed by atoms with E-state index < -0.39 is 18.0 Å². The third kappa shape index (κ3) is 5.68. The molecule has 0 bridgehead atoms. The fourth-order valence-corrected chi connectivity index (χ4v) is 1.03. The van der Waals surface area contributed by atoms with Crippen LogP contribution in [0, 0.1) is 0 Å². The summed E-state index contributed by atoms with van der Waals surface area (Å²) in [6.07, 6.45) is 0. The minimum absolute atomic E-state index is 0.110. The van der Waals surface area contributed by atoms with Gasteiger partial charge in [0.15, 0.2) is 0 Å². The van der Waals surface area contributed by atoms with Crippen LogP contribution in [0.3, 0.4) is 0 Å². The van der Waals surface area contributed by atoms with Gasteiger partial charge in [-0.1, -0.05) is 0 Å². The van der Waals surface area contributed by atoms with Gasteiger partial charge < -0.3 is 15.9 Å². The molecule has 64 valence electrons. The van der Waals surface area contributed by atoms with E-state index in [1.54, 1.807) is 0 Å². The Balaban J connectivity index is 3.39. The minimum Gasteiger partial charge on any atom is -0.481 e. The molecule has 1 atom stereocenters. The molecule has 0 aromatic carbocycles. The molecule has 0 unspecified atom stereocenters. The van der Waals surface area contributed by atoms with Gasteiger partial charge in [-0.2, -0.15) is 0 Å². The third-order valence-corrected chi connectivity index (χ3v) is 1.89. The smallest absolute Gasteiger partial charge is 0.321 e. The van der Waals surface area contributed by atoms with Gasteiger partial charge in [0.1, 0.15) is 6.04 Å². The monoisotopic (exact) mass is 179 g/mol. The molecule has 0 heterocycles. The maximum absolute atomic E-state index is 10.1. The van der Waals surface area contributed by atoms with Crippen LogP contribution in [0.5, 0.6) is 0 Å². The number of nitrogens with two attached hydrogens (primary N) is 1. The van der Waals surface area contributed by atoms with Gasteiger partial charge in [-0.3, -0.25) is 9.59 Å². The predicted molar refractivity (Wildman–Crippen MR) is 40.6 cm³/mol. The normalized spacial score (nSPS) is 12.5. The summed E-state index contributed by atoms with van der Waals surface area (Å²) in [7, 11) is 0. The Morgan fingerprint density at radius 1 is 1.45 bits per heavy atom. The highest BCUT2D eigenvalue weighted by molar-refractivity contribution is 8.00. The summed E-state index contributed by atoms with van der Waals surface area (Å²) in [6, 6.07) is -0.973. The average Bonchev–Trinajstić information content (AvgIpc) is 1.86. The molecule has 0 aliphatic carbocycles. The van der Waals surface area contributed by atoms with Gasteiger partial charge >= 0.3 is 11.9 Å². The molecule has 0 saturated carbocycles. The van der Waals surface area contributed by atoms with E-state index in [2.05, 4.69) is 0 Å². The number of aliphatic carboxylic acids is 2. The predicted octanol–water partition coefficient (Wildman–Crippen LogP) is -0.784. The van der Waals surface area contributed by atoms with Crippen molar-refractivity contribution in [2.45, 2.75) is 6.04 Å². The molecule has 0 fully saturated rings. The maximum Gasteiger partial charge on any atom is 0.321 e. The Kier molecular flexibility index (Phi) is 4.64. The summed E-state index contributed by atoms with van der Waals surface area (Å²) in [5.74, 6) is -2.06. The fourth-order valence-electron chi connectivity index (χ4n) is 0.344. The highest BCUT2D eigenvalue weighted by atomic mass is 32.2. The van der Waals surface area contributed by atoms with E-state index in [1.165, 1.54) is 0 Å². The largest absolute Gasteiger partial charge is 0.481 e. The molecule has 0 rings (SSSR count). The lowest BCUT2D eigenvalue weighted by Gasteiger charge is -2.02. The van der Waals surface area contributed by atoms with Gasteiger partial charge in [-0.25, -0.2) is 0 Å². The maximum atomic E-state index is 10.1. The van der Waals surface area contributed by atoms with Gasteiger partial charge in [0.2, 0.25) is 0 Å². The van der Waals surface area contributed by atoms with Gasteiger partial charge in [0, 0.05) is 5.75 Å². The summed E-state index contributed by atoms with van der Waals surface area (Å²) in [5.41, 5.74) is 5.09. The zero-order valence-corrected chi connectivity index (χ0v) is 6.50. The van der Waals surface area contributed by atoms with E-state index in [0.717, 1.165) is 11.8 Å².